The van der Waals surface area contributed by atoms with E-state index in [0.29, 0.717) is 48.3 Å². The number of ketones is 3. The van der Waals surface area contributed by atoms with Crippen molar-refractivity contribution in [3.05, 3.63) is 41.5 Å². The van der Waals surface area contributed by atoms with Gasteiger partial charge < -0.3 is 4.74 Å². The van der Waals surface area contributed by atoms with Crippen LogP contribution in [-0.2, 0) is 4.79 Å². The summed E-state index contributed by atoms with van der Waals surface area (Å²) in [5, 5.41) is 0. The molecule has 0 aliphatic carbocycles. The van der Waals surface area contributed by atoms with Crippen molar-refractivity contribution in [2.24, 2.45) is 0 Å². The first-order valence-electron chi connectivity index (χ1n) is 7.31. The Morgan fingerprint density at radius 1 is 1.05 bits per heavy atom. The Balaban J connectivity index is 2.65. The van der Waals surface area contributed by atoms with Gasteiger partial charge >= 0.3 is 0 Å². The number of carbonyl (C=O) groups is 3. The lowest BCUT2D eigenvalue weighted by molar-refractivity contribution is -0.115. The fourth-order valence-corrected chi connectivity index (χ4v) is 2.09. The van der Waals surface area contributed by atoms with Gasteiger partial charge in [-0.05, 0) is 45.3 Å². The van der Waals surface area contributed by atoms with E-state index in [-0.39, 0.29) is 17.3 Å². The van der Waals surface area contributed by atoms with Crippen LogP contribution in [-0.4, -0.2) is 24.0 Å². The van der Waals surface area contributed by atoms with E-state index in [1.54, 1.807) is 25.1 Å². The maximum atomic E-state index is 11.8. The van der Waals surface area contributed by atoms with E-state index in [4.69, 9.17) is 4.74 Å². The lowest BCUT2D eigenvalue weighted by Gasteiger charge is -2.12. The predicted molar refractivity (Wildman–Crippen MR) is 85.6 cm³/mol. The first-order valence-corrected chi connectivity index (χ1v) is 7.31. The van der Waals surface area contributed by atoms with Gasteiger partial charge in [-0.25, -0.2) is 0 Å². The van der Waals surface area contributed by atoms with E-state index >= 15 is 0 Å². The van der Waals surface area contributed by atoms with Crippen molar-refractivity contribution in [1.82, 2.24) is 0 Å². The highest BCUT2D eigenvalue weighted by Gasteiger charge is 2.16. The molecule has 0 atom stereocenters. The van der Waals surface area contributed by atoms with E-state index in [2.05, 4.69) is 6.58 Å². The highest BCUT2D eigenvalue weighted by molar-refractivity contribution is 6.09. The molecule has 0 amide bonds. The first-order chi connectivity index (χ1) is 10.3. The zero-order valence-electron chi connectivity index (χ0n) is 13.4. The minimum Gasteiger partial charge on any atom is -0.493 e. The number of Topliss-reactive ketones (excluding diaryl/α,β-unsaturated/α-hetero) is 3. The van der Waals surface area contributed by atoms with Gasteiger partial charge in [0, 0.05) is 12.0 Å². The van der Waals surface area contributed by atoms with Crippen LogP contribution in [0, 0.1) is 0 Å². The Morgan fingerprint density at radius 2 is 1.73 bits per heavy atom. The highest BCUT2D eigenvalue weighted by Crippen LogP contribution is 2.24. The van der Waals surface area contributed by atoms with Gasteiger partial charge in [-0.1, -0.05) is 18.7 Å². The zero-order chi connectivity index (χ0) is 16.7. The number of unbranched alkanes of at least 4 members (excludes halogenated alkanes) is 1. The molecule has 0 fully saturated rings. The van der Waals surface area contributed by atoms with E-state index in [1.807, 2.05) is 0 Å². The molecular formula is C18H22O4. The smallest absolute Gasteiger partial charge is 0.164 e. The maximum absolute atomic E-state index is 11.8. The van der Waals surface area contributed by atoms with Crippen molar-refractivity contribution in [1.29, 1.82) is 0 Å². The molecule has 0 aliphatic rings. The van der Waals surface area contributed by atoms with Gasteiger partial charge in [-0.3, -0.25) is 14.4 Å². The molecule has 0 aliphatic heterocycles. The van der Waals surface area contributed by atoms with Crippen molar-refractivity contribution in [3.8, 4) is 5.75 Å². The second kappa shape index (κ2) is 8.27. The molecule has 0 heterocycles. The summed E-state index contributed by atoms with van der Waals surface area (Å²) < 4.78 is 5.62. The van der Waals surface area contributed by atoms with Crippen LogP contribution >= 0.6 is 0 Å². The van der Waals surface area contributed by atoms with Crippen LogP contribution in [0.5, 0.6) is 5.75 Å². The lowest BCUT2D eigenvalue weighted by Crippen LogP contribution is -2.09. The summed E-state index contributed by atoms with van der Waals surface area (Å²) in [6, 6.07) is 5.00. The summed E-state index contributed by atoms with van der Waals surface area (Å²) in [5.74, 6) is 0.121. The molecule has 0 aromatic heterocycles. The van der Waals surface area contributed by atoms with Crippen molar-refractivity contribution >= 4 is 17.3 Å². The Bertz CT molecular complexity index is 599. The largest absolute Gasteiger partial charge is 0.493 e. The molecule has 0 saturated carbocycles. The number of hydrogen-bond acceptors (Lipinski definition) is 4. The van der Waals surface area contributed by atoms with Crippen LogP contribution in [0.25, 0.3) is 0 Å². The number of hydrogen-bond donors (Lipinski definition) is 0. The summed E-state index contributed by atoms with van der Waals surface area (Å²) in [6.45, 7) is 8.54. The van der Waals surface area contributed by atoms with E-state index in [1.165, 1.54) is 13.8 Å². The standard InChI is InChI=1S/C18H22O4/c1-12(2)16(21)9-5-6-11-22-17-10-7-8-15(13(3)19)18(17)14(4)20/h7-8,10H,1,5-6,9,11H2,2-4H3. The van der Waals surface area contributed by atoms with Gasteiger partial charge in [0.25, 0.3) is 0 Å². The van der Waals surface area contributed by atoms with Crippen LogP contribution in [0.4, 0.5) is 0 Å². The molecule has 0 saturated heterocycles. The maximum Gasteiger partial charge on any atom is 0.164 e. The van der Waals surface area contributed by atoms with Gasteiger partial charge in [0.1, 0.15) is 5.75 Å². The van der Waals surface area contributed by atoms with E-state index < -0.39 is 0 Å². The first kappa shape index (κ1) is 17.8. The molecule has 4 nitrogen and oxygen atoms in total. The predicted octanol–water partition coefficient (Wildman–Crippen LogP) is 3.79. The molecular weight excluding hydrogens is 280 g/mol. The van der Waals surface area contributed by atoms with Gasteiger partial charge in [0.2, 0.25) is 0 Å². The normalized spacial score (nSPS) is 10.1. The zero-order valence-corrected chi connectivity index (χ0v) is 13.4. The third kappa shape index (κ3) is 4.95. The summed E-state index contributed by atoms with van der Waals surface area (Å²) in [5.41, 5.74) is 1.27. The van der Waals surface area contributed by atoms with Crippen LogP contribution in [0.3, 0.4) is 0 Å². The van der Waals surface area contributed by atoms with Crippen LogP contribution in [0.15, 0.2) is 30.4 Å². The molecule has 0 unspecified atom stereocenters. The highest BCUT2D eigenvalue weighted by atomic mass is 16.5. The minimum atomic E-state index is -0.196. The number of rotatable bonds is 9. The molecule has 22 heavy (non-hydrogen) atoms. The van der Waals surface area contributed by atoms with Crippen molar-refractivity contribution in [3.63, 3.8) is 0 Å². The number of benzene rings is 1. The van der Waals surface area contributed by atoms with E-state index in [0.717, 1.165) is 0 Å². The monoisotopic (exact) mass is 302 g/mol. The molecule has 0 N–H and O–H groups in total. The van der Waals surface area contributed by atoms with Gasteiger partial charge in [0.05, 0.1) is 12.2 Å². The number of ether oxygens (including phenoxy) is 1. The molecule has 1 rings (SSSR count). The third-order valence-electron chi connectivity index (χ3n) is 3.29. The second-order valence-electron chi connectivity index (χ2n) is 5.30. The summed E-state index contributed by atoms with van der Waals surface area (Å²) in [7, 11) is 0. The second-order valence-corrected chi connectivity index (χ2v) is 5.30. The lowest BCUT2D eigenvalue weighted by atomic mass is 10.0. The average Bonchev–Trinajstić information content (AvgIpc) is 2.45. The van der Waals surface area contributed by atoms with E-state index in [9.17, 15) is 14.4 Å². The van der Waals surface area contributed by atoms with Crippen LogP contribution < -0.4 is 4.74 Å². The molecule has 1 aromatic rings. The SMILES string of the molecule is C=C(C)C(=O)CCCCOc1cccc(C(C)=O)c1C(C)=O. The van der Waals surface area contributed by atoms with Gasteiger partial charge in [0.15, 0.2) is 17.3 Å². The van der Waals surface area contributed by atoms with Crippen LogP contribution in [0.2, 0.25) is 0 Å². The topological polar surface area (TPSA) is 60.4 Å². The number of allylic oxidation sites excluding steroid dienone is 1. The van der Waals surface area contributed by atoms with Gasteiger partial charge in [-0.2, -0.15) is 0 Å². The number of carbonyl (C=O) groups excluding carboxylic acids is 3. The van der Waals surface area contributed by atoms with Crippen molar-refractivity contribution in [2.75, 3.05) is 6.61 Å². The average molecular weight is 302 g/mol. The molecule has 4 heteroatoms. The molecule has 1 aromatic carbocycles. The van der Waals surface area contributed by atoms with Crippen molar-refractivity contribution < 1.29 is 19.1 Å². The Labute approximate surface area is 131 Å². The Morgan fingerprint density at radius 3 is 2.27 bits per heavy atom. The Kier molecular flexibility index (Phi) is 6.70. The Hall–Kier alpha value is -2.23. The van der Waals surface area contributed by atoms with Crippen LogP contribution in [0.1, 0.15) is 60.7 Å². The minimum absolute atomic E-state index is 0.0583. The summed E-state index contributed by atoms with van der Waals surface area (Å²) in [6.07, 6.45) is 1.85. The fourth-order valence-electron chi connectivity index (χ4n) is 2.09. The molecule has 0 radical (unpaired) electrons. The van der Waals surface area contributed by atoms with Gasteiger partial charge in [-0.15, -0.1) is 0 Å². The third-order valence-corrected chi connectivity index (χ3v) is 3.29. The quantitative estimate of drug-likeness (QED) is 0.395. The van der Waals surface area contributed by atoms with Crippen molar-refractivity contribution in [2.45, 2.75) is 40.0 Å². The molecule has 0 spiro atoms. The summed E-state index contributed by atoms with van der Waals surface area (Å²) in [4.78, 5) is 34.8. The summed E-state index contributed by atoms with van der Waals surface area (Å²) >= 11 is 0. The molecule has 118 valence electrons. The molecule has 0 bridgehead atoms. The fraction of sp³-hybridized carbons (Fsp3) is 0.389.